The van der Waals surface area contributed by atoms with Crippen LogP contribution < -0.4 is 15.0 Å². The Kier molecular flexibility index (Phi) is 4.95. The maximum atomic E-state index is 13.8. The van der Waals surface area contributed by atoms with Gasteiger partial charge in [0.25, 0.3) is 11.8 Å². The lowest BCUT2D eigenvalue weighted by Gasteiger charge is -2.30. The molecule has 2 amide bonds. The third-order valence-corrected chi connectivity index (χ3v) is 4.53. The number of amides is 2. The van der Waals surface area contributed by atoms with Crippen LogP contribution in [0.2, 0.25) is 0 Å². The number of hydrogen-bond donors (Lipinski definition) is 1. The first-order valence-corrected chi connectivity index (χ1v) is 8.89. The summed E-state index contributed by atoms with van der Waals surface area (Å²) in [6.07, 6.45) is 0. The van der Waals surface area contributed by atoms with Gasteiger partial charge in [0.15, 0.2) is 6.61 Å². The van der Waals surface area contributed by atoms with Crippen molar-refractivity contribution >= 4 is 23.2 Å². The molecule has 0 radical (unpaired) electrons. The minimum Gasteiger partial charge on any atom is -0.482 e. The van der Waals surface area contributed by atoms with Gasteiger partial charge in [-0.25, -0.2) is 8.78 Å². The van der Waals surface area contributed by atoms with Gasteiger partial charge in [-0.3, -0.25) is 9.59 Å². The minimum absolute atomic E-state index is 0.0827. The molecular weight excluding hydrogens is 378 g/mol. The van der Waals surface area contributed by atoms with Crippen LogP contribution in [0.3, 0.4) is 0 Å². The molecule has 3 aromatic rings. The third-order valence-electron chi connectivity index (χ3n) is 4.53. The van der Waals surface area contributed by atoms with E-state index < -0.39 is 11.7 Å². The lowest BCUT2D eigenvalue weighted by molar-refractivity contribution is -0.121. The van der Waals surface area contributed by atoms with Crippen LogP contribution in [0.25, 0.3) is 0 Å². The Bertz CT molecular complexity index is 1080. The van der Waals surface area contributed by atoms with E-state index >= 15 is 0 Å². The SMILES string of the molecule is O=C(Nc1ccc2c(c1)N(Cc1ccc(F)cc1)C(=O)CO2)c1ccccc1F. The summed E-state index contributed by atoms with van der Waals surface area (Å²) in [6.45, 7) is 0.106. The Hall–Kier alpha value is -3.74. The predicted octanol–water partition coefficient (Wildman–Crippen LogP) is 4.14. The van der Waals surface area contributed by atoms with Crippen LogP contribution in [-0.2, 0) is 11.3 Å². The van der Waals surface area contributed by atoms with E-state index in [0.717, 1.165) is 5.56 Å². The van der Waals surface area contributed by atoms with Gasteiger partial charge in [-0.15, -0.1) is 0 Å². The quantitative estimate of drug-likeness (QED) is 0.724. The zero-order chi connectivity index (χ0) is 20.4. The molecule has 1 aliphatic heterocycles. The van der Waals surface area contributed by atoms with E-state index in [4.69, 9.17) is 4.74 Å². The number of ether oxygens (including phenoxy) is 1. The molecule has 0 fully saturated rings. The fourth-order valence-corrected chi connectivity index (χ4v) is 3.07. The number of fused-ring (bicyclic) bond motifs is 1. The molecule has 146 valence electrons. The lowest BCUT2D eigenvalue weighted by atomic mass is 10.1. The molecule has 0 atom stereocenters. The van der Waals surface area contributed by atoms with Crippen molar-refractivity contribution < 1.29 is 23.1 Å². The largest absolute Gasteiger partial charge is 0.482 e. The maximum absolute atomic E-state index is 13.8. The predicted molar refractivity (Wildman–Crippen MR) is 104 cm³/mol. The summed E-state index contributed by atoms with van der Waals surface area (Å²) in [4.78, 5) is 26.3. The first kappa shape index (κ1) is 18.6. The molecule has 1 N–H and O–H groups in total. The Labute approximate surface area is 165 Å². The van der Waals surface area contributed by atoms with Gasteiger partial charge in [0, 0.05) is 5.69 Å². The van der Waals surface area contributed by atoms with Crippen molar-refractivity contribution in [1.82, 2.24) is 0 Å². The summed E-state index contributed by atoms with van der Waals surface area (Å²) in [5.41, 5.74) is 1.52. The van der Waals surface area contributed by atoms with Gasteiger partial charge in [0.05, 0.1) is 17.8 Å². The summed E-state index contributed by atoms with van der Waals surface area (Å²) in [5.74, 6) is -1.37. The molecule has 0 saturated carbocycles. The molecule has 29 heavy (non-hydrogen) atoms. The van der Waals surface area contributed by atoms with Crippen LogP contribution in [-0.4, -0.2) is 18.4 Å². The number of carbonyl (C=O) groups is 2. The number of nitrogens with zero attached hydrogens (tertiary/aromatic N) is 1. The summed E-state index contributed by atoms with van der Waals surface area (Å²) < 4.78 is 32.5. The second-order valence-corrected chi connectivity index (χ2v) is 6.51. The lowest BCUT2D eigenvalue weighted by Crippen LogP contribution is -2.38. The van der Waals surface area contributed by atoms with E-state index in [1.807, 2.05) is 0 Å². The molecule has 3 aromatic carbocycles. The van der Waals surface area contributed by atoms with Crippen molar-refractivity contribution in [2.45, 2.75) is 6.54 Å². The highest BCUT2D eigenvalue weighted by Gasteiger charge is 2.26. The molecule has 5 nitrogen and oxygen atoms in total. The highest BCUT2D eigenvalue weighted by Crippen LogP contribution is 2.35. The first-order chi connectivity index (χ1) is 14.0. The number of anilines is 2. The summed E-state index contributed by atoms with van der Waals surface area (Å²) in [7, 11) is 0. The van der Waals surface area contributed by atoms with Crippen LogP contribution in [0, 0.1) is 11.6 Å². The van der Waals surface area contributed by atoms with Gasteiger partial charge in [-0.05, 0) is 48.0 Å². The van der Waals surface area contributed by atoms with E-state index in [2.05, 4.69) is 5.32 Å². The summed E-state index contributed by atoms with van der Waals surface area (Å²) >= 11 is 0. The molecule has 0 aromatic heterocycles. The van der Waals surface area contributed by atoms with Crippen molar-refractivity contribution in [2.75, 3.05) is 16.8 Å². The topological polar surface area (TPSA) is 58.6 Å². The van der Waals surface area contributed by atoms with E-state index in [0.29, 0.717) is 17.1 Å². The second kappa shape index (κ2) is 7.71. The van der Waals surface area contributed by atoms with Crippen LogP contribution in [0.1, 0.15) is 15.9 Å². The van der Waals surface area contributed by atoms with Gasteiger partial charge < -0.3 is 15.0 Å². The molecule has 7 heteroatoms. The zero-order valence-electron chi connectivity index (χ0n) is 15.2. The van der Waals surface area contributed by atoms with Gasteiger partial charge in [-0.2, -0.15) is 0 Å². The molecule has 1 heterocycles. The molecule has 0 unspecified atom stereocenters. The molecule has 0 aliphatic carbocycles. The number of nitrogens with one attached hydrogen (secondary N) is 1. The third kappa shape index (κ3) is 3.94. The summed E-state index contributed by atoms with van der Waals surface area (Å²) in [6, 6.07) is 16.4. The Morgan fingerprint density at radius 3 is 2.55 bits per heavy atom. The Balaban J connectivity index is 1.61. The van der Waals surface area contributed by atoms with Gasteiger partial charge in [0.1, 0.15) is 17.4 Å². The average Bonchev–Trinajstić information content (AvgIpc) is 2.72. The van der Waals surface area contributed by atoms with Gasteiger partial charge >= 0.3 is 0 Å². The Morgan fingerprint density at radius 2 is 1.79 bits per heavy atom. The molecule has 0 bridgehead atoms. The molecule has 1 aliphatic rings. The standard InChI is InChI=1S/C22H16F2N2O3/c23-15-7-5-14(6-8-15)12-26-19-11-16(9-10-20(19)29-13-21(26)27)25-22(28)17-3-1-2-4-18(17)24/h1-11H,12-13H2,(H,25,28). The average molecular weight is 394 g/mol. The fourth-order valence-electron chi connectivity index (χ4n) is 3.07. The van der Waals surface area contributed by atoms with Crippen LogP contribution >= 0.6 is 0 Å². The smallest absolute Gasteiger partial charge is 0.265 e. The van der Waals surface area contributed by atoms with E-state index in [1.165, 1.54) is 35.2 Å². The number of carbonyl (C=O) groups excluding carboxylic acids is 2. The summed E-state index contributed by atoms with van der Waals surface area (Å²) in [5, 5.41) is 2.63. The van der Waals surface area contributed by atoms with Crippen molar-refractivity contribution in [3.8, 4) is 5.75 Å². The normalized spacial score (nSPS) is 12.9. The minimum atomic E-state index is -0.626. The Morgan fingerprint density at radius 1 is 1.03 bits per heavy atom. The number of hydrogen-bond acceptors (Lipinski definition) is 3. The van der Waals surface area contributed by atoms with Crippen molar-refractivity contribution in [3.05, 3.63) is 89.5 Å². The molecular formula is C22H16F2N2O3. The monoisotopic (exact) mass is 394 g/mol. The number of rotatable bonds is 4. The highest BCUT2D eigenvalue weighted by atomic mass is 19.1. The number of halogens is 2. The first-order valence-electron chi connectivity index (χ1n) is 8.89. The molecule has 4 rings (SSSR count). The fraction of sp³-hybridized carbons (Fsp3) is 0.0909. The van der Waals surface area contributed by atoms with Gasteiger partial charge in [0.2, 0.25) is 0 Å². The van der Waals surface area contributed by atoms with Crippen molar-refractivity contribution in [2.24, 2.45) is 0 Å². The zero-order valence-corrected chi connectivity index (χ0v) is 15.2. The van der Waals surface area contributed by atoms with Crippen molar-refractivity contribution in [1.29, 1.82) is 0 Å². The number of benzene rings is 3. The van der Waals surface area contributed by atoms with Gasteiger partial charge in [-0.1, -0.05) is 24.3 Å². The maximum Gasteiger partial charge on any atom is 0.265 e. The molecule has 0 saturated heterocycles. The van der Waals surface area contributed by atoms with Crippen LogP contribution in [0.5, 0.6) is 5.75 Å². The van der Waals surface area contributed by atoms with E-state index in [-0.39, 0.29) is 30.4 Å². The van der Waals surface area contributed by atoms with E-state index in [9.17, 15) is 18.4 Å². The molecule has 0 spiro atoms. The van der Waals surface area contributed by atoms with Crippen molar-refractivity contribution in [3.63, 3.8) is 0 Å². The van der Waals surface area contributed by atoms with Crippen LogP contribution in [0.15, 0.2) is 66.7 Å². The van der Waals surface area contributed by atoms with Crippen LogP contribution in [0.4, 0.5) is 20.2 Å². The second-order valence-electron chi connectivity index (χ2n) is 6.51. The highest BCUT2D eigenvalue weighted by molar-refractivity contribution is 6.05. The van der Waals surface area contributed by atoms with E-state index in [1.54, 1.807) is 36.4 Å².